The smallest absolute Gasteiger partial charge is 0.355 e. The van der Waals surface area contributed by atoms with Gasteiger partial charge in [0.05, 0.1) is 22.5 Å². The van der Waals surface area contributed by atoms with Crippen LogP contribution in [0.15, 0.2) is 119 Å². The molecule has 0 saturated carbocycles. The molecule has 0 aliphatic rings. The lowest BCUT2D eigenvalue weighted by Crippen LogP contribution is -2.21. The molecule has 0 bridgehead atoms. The number of benzene rings is 4. The van der Waals surface area contributed by atoms with Crippen LogP contribution in [0.25, 0.3) is 50.1 Å². The number of para-hydroxylation sites is 1. The van der Waals surface area contributed by atoms with Crippen molar-refractivity contribution in [2.45, 2.75) is 13.1 Å². The molecule has 0 aliphatic carbocycles. The minimum atomic E-state index is -4.74. The molecule has 46 heavy (non-hydrogen) atoms. The number of fused-ring (bicyclic) bond motifs is 1. The van der Waals surface area contributed by atoms with Crippen LogP contribution in [0.3, 0.4) is 0 Å². The van der Waals surface area contributed by atoms with Crippen LogP contribution in [-0.4, -0.2) is 29.2 Å². The normalized spacial score (nSPS) is 11.4. The Morgan fingerprint density at radius 1 is 0.848 bits per heavy atom. The molecule has 1 amide bonds. The lowest BCUT2D eigenvalue weighted by atomic mass is 9.96. The van der Waals surface area contributed by atoms with Crippen LogP contribution in [0, 0.1) is 6.92 Å². The summed E-state index contributed by atoms with van der Waals surface area (Å²) in [6.07, 6.45) is -2.99. The maximum atomic E-state index is 14.6. The lowest BCUT2D eigenvalue weighted by Gasteiger charge is -2.20. The number of hydrogen-bond donors (Lipinski definition) is 1. The number of carbonyl (C=O) groups excluding carboxylic acids is 1. The average molecular weight is 617 g/mol. The second-order valence-corrected chi connectivity index (χ2v) is 10.7. The van der Waals surface area contributed by atoms with E-state index in [1.54, 1.807) is 25.3 Å². The van der Waals surface area contributed by atoms with Gasteiger partial charge in [0.1, 0.15) is 0 Å². The fraction of sp³-hybridized carbons (Fsp3) is 0.0811. The van der Waals surface area contributed by atoms with E-state index in [9.17, 15) is 22.8 Å². The number of alkyl halides is 3. The molecule has 4 aromatic carbocycles. The van der Waals surface area contributed by atoms with Crippen molar-refractivity contribution in [1.29, 1.82) is 0 Å². The van der Waals surface area contributed by atoms with E-state index in [1.807, 2.05) is 42.5 Å². The van der Waals surface area contributed by atoms with E-state index in [2.05, 4.69) is 22.0 Å². The SMILES string of the molecule is C=Nc1ccc(-c2cnc3ccccc3c2)cc1-c1c(C)ccc(=O)n1-c1ccc(-c2ccc(C(=O)NC)cc2)c(C(F)(F)F)c1. The predicted molar refractivity (Wildman–Crippen MR) is 176 cm³/mol. The van der Waals surface area contributed by atoms with Gasteiger partial charge in [-0.05, 0) is 84.4 Å². The fourth-order valence-electron chi connectivity index (χ4n) is 5.60. The highest BCUT2D eigenvalue weighted by Crippen LogP contribution is 2.41. The molecule has 0 fully saturated rings. The summed E-state index contributed by atoms with van der Waals surface area (Å²) in [4.78, 5) is 34.2. The van der Waals surface area contributed by atoms with Gasteiger partial charge in [-0.1, -0.05) is 48.5 Å². The molecule has 6 nitrogen and oxygen atoms in total. The van der Waals surface area contributed by atoms with E-state index in [-0.39, 0.29) is 22.7 Å². The highest BCUT2D eigenvalue weighted by atomic mass is 19.4. The van der Waals surface area contributed by atoms with Crippen molar-refractivity contribution in [2.24, 2.45) is 4.99 Å². The molecular weight excluding hydrogens is 589 g/mol. The third-order valence-corrected chi connectivity index (χ3v) is 7.89. The van der Waals surface area contributed by atoms with Gasteiger partial charge in [-0.2, -0.15) is 13.2 Å². The van der Waals surface area contributed by atoms with Crippen LogP contribution < -0.4 is 10.9 Å². The molecule has 0 unspecified atom stereocenters. The topological polar surface area (TPSA) is 76.3 Å². The number of aliphatic imine (C=N–C) groups is 1. The molecule has 0 radical (unpaired) electrons. The maximum absolute atomic E-state index is 14.6. The molecule has 228 valence electrons. The Hall–Kier alpha value is -5.83. The summed E-state index contributed by atoms with van der Waals surface area (Å²) < 4.78 is 45.0. The molecule has 0 atom stereocenters. The molecule has 0 spiro atoms. The number of pyridine rings is 2. The number of amides is 1. The molecule has 0 saturated heterocycles. The van der Waals surface area contributed by atoms with E-state index in [4.69, 9.17) is 0 Å². The summed E-state index contributed by atoms with van der Waals surface area (Å²) in [7, 11) is 1.48. The predicted octanol–water partition coefficient (Wildman–Crippen LogP) is 8.41. The second kappa shape index (κ2) is 11.9. The van der Waals surface area contributed by atoms with Crippen molar-refractivity contribution in [1.82, 2.24) is 14.9 Å². The number of carbonyl (C=O) groups is 1. The Bertz CT molecular complexity index is 2200. The van der Waals surface area contributed by atoms with Crippen molar-refractivity contribution in [3.8, 4) is 39.2 Å². The number of aryl methyl sites for hydroxylation is 1. The van der Waals surface area contributed by atoms with Gasteiger partial charge < -0.3 is 5.32 Å². The average Bonchev–Trinajstić information content (AvgIpc) is 3.07. The zero-order valence-corrected chi connectivity index (χ0v) is 24.9. The van der Waals surface area contributed by atoms with E-state index in [0.717, 1.165) is 28.1 Å². The fourth-order valence-corrected chi connectivity index (χ4v) is 5.60. The van der Waals surface area contributed by atoms with E-state index in [1.165, 1.54) is 54.1 Å². The van der Waals surface area contributed by atoms with Gasteiger partial charge >= 0.3 is 6.18 Å². The largest absolute Gasteiger partial charge is 0.417 e. The number of nitrogens with one attached hydrogen (secondary N) is 1. The van der Waals surface area contributed by atoms with Crippen LogP contribution in [0.5, 0.6) is 0 Å². The lowest BCUT2D eigenvalue weighted by molar-refractivity contribution is -0.137. The van der Waals surface area contributed by atoms with E-state index < -0.39 is 17.3 Å². The standard InChI is InChI=1S/C37H27F3N4O2/c1-22-8-17-34(45)44(28-14-15-29(31(20-28)37(38,39)40)23-9-11-24(12-10-23)36(46)42-3)35(22)30-19-25(13-16-33(30)41-2)27-18-26-6-4-5-7-32(26)43-21-27/h4-21H,2H2,1,3H3,(H,42,46). The molecule has 6 rings (SSSR count). The second-order valence-electron chi connectivity index (χ2n) is 10.7. The molecule has 1 N–H and O–H groups in total. The molecule has 6 aromatic rings. The number of hydrogen-bond acceptors (Lipinski definition) is 4. The third kappa shape index (κ3) is 5.59. The van der Waals surface area contributed by atoms with Crippen molar-refractivity contribution in [3.63, 3.8) is 0 Å². The summed E-state index contributed by atoms with van der Waals surface area (Å²) in [6, 6.07) is 27.8. The molecule has 9 heteroatoms. The molecule has 0 aliphatic heterocycles. The zero-order chi connectivity index (χ0) is 32.6. The third-order valence-electron chi connectivity index (χ3n) is 7.89. The highest BCUT2D eigenvalue weighted by Gasteiger charge is 2.34. The van der Waals surface area contributed by atoms with Gasteiger partial charge in [0.25, 0.3) is 11.5 Å². The van der Waals surface area contributed by atoms with Crippen LogP contribution in [0.1, 0.15) is 21.5 Å². The first-order chi connectivity index (χ1) is 22.1. The number of rotatable bonds is 6. The molecule has 2 heterocycles. The summed E-state index contributed by atoms with van der Waals surface area (Å²) in [5, 5.41) is 3.44. The van der Waals surface area contributed by atoms with Gasteiger partial charge in [-0.3, -0.25) is 24.1 Å². The van der Waals surface area contributed by atoms with Crippen molar-refractivity contribution < 1.29 is 18.0 Å². The number of aromatic nitrogens is 2. The molecule has 2 aromatic heterocycles. The Balaban J connectivity index is 1.53. The minimum absolute atomic E-state index is 0.0366. The number of nitrogens with zero attached hydrogens (tertiary/aromatic N) is 3. The monoisotopic (exact) mass is 616 g/mol. The summed E-state index contributed by atoms with van der Waals surface area (Å²) >= 11 is 0. The summed E-state index contributed by atoms with van der Waals surface area (Å²) in [5.41, 5.74) is 3.60. The number of halogens is 3. The first-order valence-corrected chi connectivity index (χ1v) is 14.3. The van der Waals surface area contributed by atoms with Crippen molar-refractivity contribution in [2.75, 3.05) is 7.05 Å². The van der Waals surface area contributed by atoms with Gasteiger partial charge in [0, 0.05) is 47.1 Å². The van der Waals surface area contributed by atoms with Gasteiger partial charge in [-0.25, -0.2) is 0 Å². The minimum Gasteiger partial charge on any atom is -0.355 e. The van der Waals surface area contributed by atoms with Crippen molar-refractivity contribution >= 4 is 29.2 Å². The van der Waals surface area contributed by atoms with E-state index >= 15 is 0 Å². The highest BCUT2D eigenvalue weighted by molar-refractivity contribution is 5.94. The van der Waals surface area contributed by atoms with Crippen LogP contribution in [0.4, 0.5) is 18.9 Å². The Kier molecular flexibility index (Phi) is 7.83. The van der Waals surface area contributed by atoms with E-state index in [0.29, 0.717) is 28.1 Å². The molecular formula is C37H27F3N4O2. The Morgan fingerprint density at radius 3 is 2.30 bits per heavy atom. The van der Waals surface area contributed by atoms with Crippen LogP contribution in [-0.2, 0) is 6.18 Å². The zero-order valence-electron chi connectivity index (χ0n) is 24.9. The van der Waals surface area contributed by atoms with Crippen LogP contribution >= 0.6 is 0 Å². The van der Waals surface area contributed by atoms with Gasteiger partial charge in [0.2, 0.25) is 0 Å². The Morgan fingerprint density at radius 2 is 1.59 bits per heavy atom. The first kappa shape index (κ1) is 30.2. The summed E-state index contributed by atoms with van der Waals surface area (Å²) in [6.45, 7) is 5.49. The maximum Gasteiger partial charge on any atom is 0.417 e. The van der Waals surface area contributed by atoms with Crippen LogP contribution in [0.2, 0.25) is 0 Å². The first-order valence-electron chi connectivity index (χ1n) is 14.3. The van der Waals surface area contributed by atoms with Gasteiger partial charge in [0.15, 0.2) is 0 Å². The van der Waals surface area contributed by atoms with Crippen molar-refractivity contribution in [3.05, 3.63) is 136 Å². The summed E-state index contributed by atoms with van der Waals surface area (Å²) in [5.74, 6) is -0.348. The van der Waals surface area contributed by atoms with Gasteiger partial charge in [-0.15, -0.1) is 0 Å². The quantitative estimate of drug-likeness (QED) is 0.191. The Labute approximate surface area is 262 Å².